The number of benzene rings is 2. The second-order valence-corrected chi connectivity index (χ2v) is 5.48. The number of hydrogen-bond donors (Lipinski definition) is 4. The van der Waals surface area contributed by atoms with Crippen LogP contribution < -0.4 is 16.2 Å². The molecule has 0 saturated heterocycles. The van der Waals surface area contributed by atoms with Gasteiger partial charge in [-0.1, -0.05) is 18.1 Å². The number of rotatable bonds is 3. The van der Waals surface area contributed by atoms with Gasteiger partial charge >= 0.3 is 0 Å². The third-order valence-corrected chi connectivity index (χ3v) is 3.78. The van der Waals surface area contributed by atoms with E-state index >= 15 is 0 Å². The van der Waals surface area contributed by atoms with Crippen molar-refractivity contribution in [2.75, 3.05) is 18.6 Å². The van der Waals surface area contributed by atoms with Gasteiger partial charge in [-0.15, -0.1) is 0 Å². The monoisotopic (exact) mass is 354 g/mol. The fourth-order valence-electron chi connectivity index (χ4n) is 2.37. The third-order valence-electron chi connectivity index (χ3n) is 3.78. The highest BCUT2D eigenvalue weighted by molar-refractivity contribution is 5.95. The van der Waals surface area contributed by atoms with Crippen LogP contribution in [-0.2, 0) is 6.42 Å². The van der Waals surface area contributed by atoms with Gasteiger partial charge in [0.05, 0.1) is 24.7 Å². The van der Waals surface area contributed by atoms with Crippen LogP contribution in [0.25, 0.3) is 10.9 Å². The van der Waals surface area contributed by atoms with Crippen molar-refractivity contribution in [3.8, 4) is 11.5 Å². The van der Waals surface area contributed by atoms with Gasteiger partial charge in [-0.3, -0.25) is 0 Å². The minimum absolute atomic E-state index is 0.0485. The Balaban J connectivity index is 0.000000197. The first kappa shape index (κ1) is 18.9. The number of anilines is 2. The molecule has 136 valence electrons. The number of fused-ring (bicyclic) bond motifs is 1. The number of hydrogen-bond acceptors (Lipinski definition) is 7. The van der Waals surface area contributed by atoms with E-state index in [4.69, 9.17) is 21.4 Å². The molecule has 7 heteroatoms. The van der Waals surface area contributed by atoms with Gasteiger partial charge in [-0.2, -0.15) is 0 Å². The van der Waals surface area contributed by atoms with E-state index in [-0.39, 0.29) is 5.75 Å². The van der Waals surface area contributed by atoms with Crippen LogP contribution in [0.3, 0.4) is 0 Å². The third kappa shape index (κ3) is 4.32. The Bertz CT molecular complexity index is 926. The molecule has 0 radical (unpaired) electrons. The Kier molecular flexibility index (Phi) is 6.21. The number of methoxy groups -OCH3 is 1. The van der Waals surface area contributed by atoms with E-state index < -0.39 is 0 Å². The smallest absolute Gasteiger partial charge is 0.141 e. The second-order valence-electron chi connectivity index (χ2n) is 5.48. The van der Waals surface area contributed by atoms with E-state index in [0.29, 0.717) is 28.0 Å². The van der Waals surface area contributed by atoms with E-state index in [9.17, 15) is 5.11 Å². The molecule has 0 unspecified atom stereocenters. The molecule has 0 atom stereocenters. The number of aromatic hydroxyl groups is 1. The molecule has 0 aliphatic carbocycles. The number of pyridine rings is 1. The Labute approximate surface area is 151 Å². The number of aryl methyl sites for hydroxylation is 1. The summed E-state index contributed by atoms with van der Waals surface area (Å²) >= 11 is 0. The molecule has 6 N–H and O–H groups in total. The summed E-state index contributed by atoms with van der Waals surface area (Å²) in [5.74, 6) is 0.801. The number of phenolic OH excluding ortho intramolecular Hbond substituents is 1. The van der Waals surface area contributed by atoms with Crippen LogP contribution >= 0.6 is 0 Å². The molecule has 7 nitrogen and oxygen atoms in total. The lowest BCUT2D eigenvalue weighted by atomic mass is 10.1. The van der Waals surface area contributed by atoms with Gasteiger partial charge in [0.25, 0.3) is 0 Å². The van der Waals surface area contributed by atoms with Gasteiger partial charge < -0.3 is 26.5 Å². The number of nitrogen functional groups attached to an aromatic ring is 2. The number of phenols is 1. The Morgan fingerprint density at radius 3 is 2.50 bits per heavy atom. The number of ether oxygens (including phenoxy) is 1. The molecule has 0 fully saturated rings. The van der Waals surface area contributed by atoms with Crippen LogP contribution in [-0.4, -0.2) is 28.6 Å². The molecule has 3 rings (SSSR count). The molecule has 1 heterocycles. The molecule has 0 bridgehead atoms. The summed E-state index contributed by atoms with van der Waals surface area (Å²) < 4.78 is 5.02. The topological polar surface area (TPSA) is 127 Å². The molecule has 0 saturated carbocycles. The highest BCUT2D eigenvalue weighted by atomic mass is 16.5. The molecule has 0 aliphatic heterocycles. The molecule has 1 aromatic heterocycles. The van der Waals surface area contributed by atoms with Crippen LogP contribution in [0.15, 0.2) is 47.6 Å². The van der Waals surface area contributed by atoms with Gasteiger partial charge in [0.1, 0.15) is 17.0 Å². The van der Waals surface area contributed by atoms with E-state index in [2.05, 4.69) is 17.1 Å². The zero-order valence-electron chi connectivity index (χ0n) is 14.7. The van der Waals surface area contributed by atoms with Crippen molar-refractivity contribution >= 4 is 28.5 Å². The molecule has 0 aliphatic rings. The maximum Gasteiger partial charge on any atom is 0.141 e. The number of aromatic nitrogens is 1. The average Bonchev–Trinajstić information content (AvgIpc) is 2.65. The Hall–Kier alpha value is -3.48. The number of nitrogens with two attached hydrogens (primary N) is 2. The molecular weight excluding hydrogens is 332 g/mol. The second kappa shape index (κ2) is 8.57. The highest BCUT2D eigenvalue weighted by Crippen LogP contribution is 2.27. The quantitative estimate of drug-likeness (QED) is 0.188. The fraction of sp³-hybridized carbons (Fsp3) is 0.158. The predicted octanol–water partition coefficient (Wildman–Crippen LogP) is 3.17. The highest BCUT2D eigenvalue weighted by Gasteiger charge is 2.05. The minimum Gasteiger partial charge on any atom is -0.506 e. The van der Waals surface area contributed by atoms with E-state index in [1.807, 2.05) is 18.2 Å². The first-order valence-electron chi connectivity index (χ1n) is 7.98. The lowest BCUT2D eigenvalue weighted by molar-refractivity contribution is 0.321. The van der Waals surface area contributed by atoms with E-state index in [1.165, 1.54) is 17.8 Å². The predicted molar refractivity (Wildman–Crippen MR) is 104 cm³/mol. The van der Waals surface area contributed by atoms with Crippen LogP contribution in [0.1, 0.15) is 18.2 Å². The van der Waals surface area contributed by atoms with Crippen molar-refractivity contribution in [2.24, 2.45) is 5.16 Å². The summed E-state index contributed by atoms with van der Waals surface area (Å²) in [6, 6.07) is 12.3. The standard InChI is InChI=1S/C10H9N3O2.C9H13NO/c11-8-3-4-9(14)10-7(8)2-1-6(13-10)5-12-15;1-3-7-4-5-9(11-2)8(10)6-7/h1-5,14-15H,11H2;4-6H,3,10H2,1-2H3/b12-5+;. The fourth-order valence-corrected chi connectivity index (χ4v) is 2.37. The lowest BCUT2D eigenvalue weighted by Gasteiger charge is -2.04. The molecular formula is C19H22N4O3. The summed E-state index contributed by atoms with van der Waals surface area (Å²) in [5.41, 5.74) is 14.7. The maximum absolute atomic E-state index is 9.56. The molecule has 26 heavy (non-hydrogen) atoms. The van der Waals surface area contributed by atoms with Crippen LogP contribution in [0, 0.1) is 0 Å². The van der Waals surface area contributed by atoms with Crippen molar-refractivity contribution in [2.45, 2.75) is 13.3 Å². The lowest BCUT2D eigenvalue weighted by Crippen LogP contribution is -1.93. The van der Waals surface area contributed by atoms with Gasteiger partial charge in [-0.05, 0) is 48.4 Å². The zero-order valence-corrected chi connectivity index (χ0v) is 14.7. The van der Waals surface area contributed by atoms with Crippen LogP contribution in [0.2, 0.25) is 0 Å². The first-order chi connectivity index (χ1) is 12.5. The number of nitrogens with zero attached hydrogens (tertiary/aromatic N) is 2. The first-order valence-corrected chi connectivity index (χ1v) is 7.98. The molecule has 2 aromatic carbocycles. The van der Waals surface area contributed by atoms with Gasteiger partial charge in [0, 0.05) is 11.1 Å². The normalized spacial score (nSPS) is 10.5. The Morgan fingerprint density at radius 1 is 1.12 bits per heavy atom. The van der Waals surface area contributed by atoms with E-state index in [0.717, 1.165) is 12.2 Å². The van der Waals surface area contributed by atoms with Crippen molar-refractivity contribution in [1.82, 2.24) is 4.98 Å². The van der Waals surface area contributed by atoms with Gasteiger partial charge in [0.15, 0.2) is 0 Å². The van der Waals surface area contributed by atoms with Gasteiger partial charge in [-0.25, -0.2) is 4.98 Å². The zero-order chi connectivity index (χ0) is 19.1. The van der Waals surface area contributed by atoms with Crippen molar-refractivity contribution < 1.29 is 15.1 Å². The van der Waals surface area contributed by atoms with Crippen molar-refractivity contribution in [3.63, 3.8) is 0 Å². The van der Waals surface area contributed by atoms with Crippen molar-refractivity contribution in [1.29, 1.82) is 0 Å². The summed E-state index contributed by atoms with van der Waals surface area (Å²) in [6.45, 7) is 2.10. The molecule has 3 aromatic rings. The summed E-state index contributed by atoms with van der Waals surface area (Å²) in [7, 11) is 1.62. The molecule has 0 amide bonds. The van der Waals surface area contributed by atoms with Gasteiger partial charge in [0.2, 0.25) is 0 Å². The van der Waals surface area contributed by atoms with Crippen LogP contribution in [0.4, 0.5) is 11.4 Å². The average molecular weight is 354 g/mol. The number of oxime groups is 1. The summed E-state index contributed by atoms with van der Waals surface area (Å²) in [5, 5.41) is 21.5. The Morgan fingerprint density at radius 2 is 1.88 bits per heavy atom. The largest absolute Gasteiger partial charge is 0.506 e. The molecule has 0 spiro atoms. The summed E-state index contributed by atoms with van der Waals surface area (Å²) in [4.78, 5) is 4.09. The van der Waals surface area contributed by atoms with Crippen molar-refractivity contribution in [3.05, 3.63) is 53.7 Å². The maximum atomic E-state index is 9.56. The SMILES string of the molecule is CCc1ccc(OC)c(N)c1.Nc1ccc(O)c2nc(/C=N/O)ccc12. The summed E-state index contributed by atoms with van der Waals surface area (Å²) in [6.07, 6.45) is 2.19. The van der Waals surface area contributed by atoms with E-state index in [1.54, 1.807) is 25.3 Å². The minimum atomic E-state index is 0.0485. The van der Waals surface area contributed by atoms with Crippen LogP contribution in [0.5, 0.6) is 11.5 Å².